The van der Waals surface area contributed by atoms with Crippen molar-refractivity contribution in [1.82, 2.24) is 25.5 Å². The van der Waals surface area contributed by atoms with Gasteiger partial charge in [0.2, 0.25) is 5.16 Å². The monoisotopic (exact) mass is 531 g/mol. The average Bonchev–Trinajstić information content (AvgIpc) is 3.25. The van der Waals surface area contributed by atoms with Gasteiger partial charge in [0.25, 0.3) is 0 Å². The number of hydrogen-bond acceptors (Lipinski definition) is 8. The van der Waals surface area contributed by atoms with Crippen LogP contribution in [0.5, 0.6) is 0 Å². The molecule has 0 bridgehead atoms. The Labute approximate surface area is 217 Å². The van der Waals surface area contributed by atoms with Crippen molar-refractivity contribution in [3.8, 4) is 0 Å². The Morgan fingerprint density at radius 1 is 1.17 bits per heavy atom. The Balaban J connectivity index is 1.60. The lowest BCUT2D eigenvalue weighted by molar-refractivity contribution is -0.139. The van der Waals surface area contributed by atoms with E-state index in [9.17, 15) is 19.5 Å². The molecule has 2 aromatic carbocycles. The predicted molar refractivity (Wildman–Crippen MR) is 133 cm³/mol. The van der Waals surface area contributed by atoms with Crippen LogP contribution < -0.4 is 5.32 Å². The van der Waals surface area contributed by atoms with Crippen LogP contribution in [-0.4, -0.2) is 49.2 Å². The number of benzene rings is 2. The van der Waals surface area contributed by atoms with Crippen molar-refractivity contribution in [3.63, 3.8) is 0 Å². The number of carbonyl (C=O) groups excluding carboxylic acids is 2. The largest absolute Gasteiger partial charge is 0.481 e. The number of ketones is 1. The maximum atomic E-state index is 12.7. The first kappa shape index (κ1) is 27.2. The molecule has 0 saturated carbocycles. The van der Waals surface area contributed by atoms with Crippen LogP contribution in [-0.2, 0) is 32.9 Å². The van der Waals surface area contributed by atoms with E-state index in [1.54, 1.807) is 24.3 Å². The molecule has 0 aliphatic heterocycles. The molecule has 3 aromatic rings. The molecule has 1 atom stereocenters. The van der Waals surface area contributed by atoms with Crippen molar-refractivity contribution in [2.24, 2.45) is 0 Å². The number of rotatable bonds is 10. The molecule has 3 rings (SSSR count). The molecule has 36 heavy (non-hydrogen) atoms. The van der Waals surface area contributed by atoms with Gasteiger partial charge in [0, 0.05) is 4.90 Å². The molecule has 0 fully saturated rings. The van der Waals surface area contributed by atoms with Crippen LogP contribution in [0, 0.1) is 0 Å². The average molecular weight is 532 g/mol. The second kappa shape index (κ2) is 12.0. The van der Waals surface area contributed by atoms with Crippen LogP contribution in [0.1, 0.15) is 38.3 Å². The van der Waals surface area contributed by atoms with Gasteiger partial charge in [0.05, 0.1) is 11.4 Å². The molecule has 2 N–H and O–H groups in total. The molecule has 10 nitrogen and oxygen atoms in total. The molecule has 1 unspecified atom stereocenters. The van der Waals surface area contributed by atoms with Crippen molar-refractivity contribution in [2.45, 2.75) is 61.9 Å². The van der Waals surface area contributed by atoms with Gasteiger partial charge in [-0.2, -0.15) is 4.80 Å². The van der Waals surface area contributed by atoms with Gasteiger partial charge in [0.15, 0.2) is 5.78 Å². The van der Waals surface area contributed by atoms with Crippen molar-refractivity contribution < 1.29 is 24.2 Å². The number of carboxylic acids is 1. The van der Waals surface area contributed by atoms with Crippen molar-refractivity contribution in [2.75, 3.05) is 0 Å². The van der Waals surface area contributed by atoms with E-state index in [0.717, 1.165) is 20.8 Å². The normalized spacial score (nSPS) is 12.1. The molecule has 0 spiro atoms. The highest BCUT2D eigenvalue weighted by atomic mass is 35.5. The van der Waals surface area contributed by atoms with Gasteiger partial charge in [-0.1, -0.05) is 68.8 Å². The topological polar surface area (TPSA) is 136 Å². The van der Waals surface area contributed by atoms with Gasteiger partial charge >= 0.3 is 12.1 Å². The number of hydrogen-bond donors (Lipinski definition) is 2. The van der Waals surface area contributed by atoms with Crippen LogP contribution in [0.25, 0.3) is 0 Å². The van der Waals surface area contributed by atoms with Gasteiger partial charge in [0.1, 0.15) is 19.2 Å². The quantitative estimate of drug-likeness (QED) is 0.396. The third-order valence-electron chi connectivity index (χ3n) is 5.00. The number of halogens is 1. The SMILES string of the molecule is CC(C)(C)c1ccc(Sc2nnn(CC(=O)C(CC(=O)O)NC(=O)OCc3ccccc3)n2)c(Cl)c1. The van der Waals surface area contributed by atoms with Gasteiger partial charge in [-0.05, 0) is 45.6 Å². The lowest BCUT2D eigenvalue weighted by Crippen LogP contribution is -2.44. The summed E-state index contributed by atoms with van der Waals surface area (Å²) in [5.41, 5.74) is 1.78. The van der Waals surface area contributed by atoms with Gasteiger partial charge in [-0.3, -0.25) is 9.59 Å². The fraction of sp³-hybridized carbons (Fsp3) is 0.333. The first-order valence-corrected chi connectivity index (χ1v) is 12.2. The summed E-state index contributed by atoms with van der Waals surface area (Å²) < 4.78 is 5.09. The lowest BCUT2D eigenvalue weighted by Gasteiger charge is -2.19. The molecule has 1 aromatic heterocycles. The Morgan fingerprint density at radius 3 is 2.53 bits per heavy atom. The highest BCUT2D eigenvalue weighted by Gasteiger charge is 2.25. The number of carbonyl (C=O) groups is 3. The summed E-state index contributed by atoms with van der Waals surface area (Å²) in [7, 11) is 0. The molecule has 190 valence electrons. The summed E-state index contributed by atoms with van der Waals surface area (Å²) in [4.78, 5) is 37.9. The molecular weight excluding hydrogens is 506 g/mol. The number of ether oxygens (including phenoxy) is 1. The number of Topliss-reactive ketones (excluding diaryl/α,β-unsaturated/α-hetero) is 1. The number of alkyl carbamates (subject to hydrolysis) is 1. The number of aromatic nitrogens is 4. The lowest BCUT2D eigenvalue weighted by atomic mass is 9.87. The van der Waals surface area contributed by atoms with Crippen LogP contribution in [0.4, 0.5) is 4.79 Å². The van der Waals surface area contributed by atoms with Crippen LogP contribution >= 0.6 is 23.4 Å². The molecule has 1 amide bonds. The highest BCUT2D eigenvalue weighted by Crippen LogP contribution is 2.34. The standard InChI is InChI=1S/C24H26ClN5O5S/c1-24(2,3)16-9-10-20(17(25)11-16)36-22-27-29-30(28-22)13-19(31)18(12-21(32)33)26-23(34)35-14-15-7-5-4-6-8-15/h4-11,18H,12-14H2,1-3H3,(H,26,34)(H,32,33). The maximum Gasteiger partial charge on any atom is 0.408 e. The van der Waals surface area contributed by atoms with Crippen molar-refractivity contribution >= 4 is 41.2 Å². The molecule has 0 radical (unpaired) electrons. The van der Waals surface area contributed by atoms with E-state index in [1.807, 2.05) is 24.3 Å². The summed E-state index contributed by atoms with van der Waals surface area (Å²) in [5, 5.41) is 24.2. The minimum atomic E-state index is -1.33. The zero-order valence-corrected chi connectivity index (χ0v) is 21.5. The number of amides is 1. The summed E-state index contributed by atoms with van der Waals surface area (Å²) >= 11 is 7.60. The zero-order valence-electron chi connectivity index (χ0n) is 20.0. The summed E-state index contributed by atoms with van der Waals surface area (Å²) in [6.45, 7) is 5.85. The number of carboxylic acid groups (broad SMARTS) is 1. The van der Waals surface area contributed by atoms with Gasteiger partial charge < -0.3 is 15.2 Å². The van der Waals surface area contributed by atoms with E-state index in [1.165, 1.54) is 11.8 Å². The van der Waals surface area contributed by atoms with Crippen LogP contribution in [0.3, 0.4) is 0 Å². The zero-order chi connectivity index (χ0) is 26.3. The smallest absolute Gasteiger partial charge is 0.408 e. The molecule has 12 heteroatoms. The number of tetrazole rings is 1. The molecule has 0 saturated heterocycles. The van der Waals surface area contributed by atoms with E-state index in [4.69, 9.17) is 16.3 Å². The third kappa shape index (κ3) is 8.06. The molecular formula is C24H26ClN5O5S. The third-order valence-corrected chi connectivity index (χ3v) is 6.35. The summed E-state index contributed by atoms with van der Waals surface area (Å²) in [5.74, 6) is -1.87. The number of nitrogens with one attached hydrogen (secondary N) is 1. The second-order valence-corrected chi connectivity index (χ2v) is 10.3. The van der Waals surface area contributed by atoms with Crippen LogP contribution in [0.15, 0.2) is 58.6 Å². The predicted octanol–water partition coefficient (Wildman–Crippen LogP) is 4.11. The van der Waals surface area contributed by atoms with Gasteiger partial charge in [-0.15, -0.1) is 10.2 Å². The molecule has 0 aliphatic carbocycles. The minimum absolute atomic E-state index is 0.0227. The number of aliphatic carboxylic acids is 1. The molecule has 0 aliphatic rings. The van der Waals surface area contributed by atoms with Gasteiger partial charge in [-0.25, -0.2) is 4.79 Å². The Kier molecular flexibility index (Phi) is 9.05. The number of nitrogens with zero attached hydrogens (tertiary/aromatic N) is 4. The summed E-state index contributed by atoms with van der Waals surface area (Å²) in [6, 6.07) is 13.3. The van der Waals surface area contributed by atoms with E-state index < -0.39 is 30.3 Å². The van der Waals surface area contributed by atoms with Crippen LogP contribution in [0.2, 0.25) is 5.02 Å². The van der Waals surface area contributed by atoms with E-state index in [-0.39, 0.29) is 23.7 Å². The fourth-order valence-corrected chi connectivity index (χ4v) is 4.06. The van der Waals surface area contributed by atoms with Crippen molar-refractivity contribution in [1.29, 1.82) is 0 Å². The Hall–Kier alpha value is -3.44. The maximum absolute atomic E-state index is 12.7. The van der Waals surface area contributed by atoms with E-state index in [0.29, 0.717) is 5.02 Å². The van der Waals surface area contributed by atoms with E-state index >= 15 is 0 Å². The Morgan fingerprint density at radius 2 is 1.89 bits per heavy atom. The first-order valence-electron chi connectivity index (χ1n) is 11.0. The minimum Gasteiger partial charge on any atom is -0.481 e. The van der Waals surface area contributed by atoms with Crippen molar-refractivity contribution in [3.05, 3.63) is 64.7 Å². The Bertz CT molecular complexity index is 1230. The molecule has 1 heterocycles. The summed E-state index contributed by atoms with van der Waals surface area (Å²) in [6.07, 6.45) is -1.53. The highest BCUT2D eigenvalue weighted by molar-refractivity contribution is 7.99. The first-order chi connectivity index (χ1) is 17.0. The van der Waals surface area contributed by atoms with E-state index in [2.05, 4.69) is 41.5 Å². The fourth-order valence-electron chi connectivity index (χ4n) is 3.06. The second-order valence-electron chi connectivity index (χ2n) is 8.92.